The van der Waals surface area contributed by atoms with Gasteiger partial charge in [0, 0.05) is 12.5 Å². The highest BCUT2D eigenvalue weighted by molar-refractivity contribution is 5.80. The first-order valence-corrected chi connectivity index (χ1v) is 5.64. The van der Waals surface area contributed by atoms with Gasteiger partial charge in [0.2, 0.25) is 0 Å². The van der Waals surface area contributed by atoms with E-state index in [2.05, 4.69) is 4.90 Å². The minimum atomic E-state index is 0.194. The number of aliphatic hydroxyl groups is 1. The number of likely N-dealkylation sites (tertiary alicyclic amines) is 1. The molecule has 0 aromatic carbocycles. The molecule has 0 bridgehead atoms. The molecular formula is C11H21NO2. The lowest BCUT2D eigenvalue weighted by Gasteiger charge is -2.33. The second kappa shape index (κ2) is 6.14. The third-order valence-electron chi connectivity index (χ3n) is 2.87. The number of ketones is 1. The summed E-state index contributed by atoms with van der Waals surface area (Å²) in [6.07, 6.45) is 4.99. The molecule has 0 amide bonds. The molecule has 3 heteroatoms. The van der Waals surface area contributed by atoms with Crippen LogP contribution >= 0.6 is 0 Å². The Morgan fingerprint density at radius 1 is 1.50 bits per heavy atom. The maximum atomic E-state index is 11.4. The van der Waals surface area contributed by atoms with Crippen LogP contribution in [-0.2, 0) is 4.79 Å². The summed E-state index contributed by atoms with van der Waals surface area (Å²) >= 11 is 0. The highest BCUT2D eigenvalue weighted by Crippen LogP contribution is 2.16. The fourth-order valence-corrected chi connectivity index (χ4v) is 2.06. The van der Waals surface area contributed by atoms with Gasteiger partial charge in [-0.15, -0.1) is 0 Å². The summed E-state index contributed by atoms with van der Waals surface area (Å²) in [6.45, 7) is 3.73. The first-order valence-electron chi connectivity index (χ1n) is 5.64. The molecule has 3 nitrogen and oxygen atoms in total. The molecule has 1 saturated heterocycles. The third-order valence-corrected chi connectivity index (χ3v) is 2.87. The molecule has 1 unspecified atom stereocenters. The summed E-state index contributed by atoms with van der Waals surface area (Å²) in [5, 5.41) is 9.15. The van der Waals surface area contributed by atoms with Gasteiger partial charge in [0.1, 0.15) is 5.78 Å². The summed E-state index contributed by atoms with van der Waals surface area (Å²) in [5.41, 5.74) is 0. The zero-order valence-electron chi connectivity index (χ0n) is 9.04. The predicted octanol–water partition coefficient (Wildman–Crippen LogP) is 1.20. The molecule has 0 saturated carbocycles. The summed E-state index contributed by atoms with van der Waals surface area (Å²) in [7, 11) is 0. The van der Waals surface area contributed by atoms with Gasteiger partial charge >= 0.3 is 0 Å². The van der Waals surface area contributed by atoms with Gasteiger partial charge in [-0.2, -0.15) is 0 Å². The highest BCUT2D eigenvalue weighted by Gasteiger charge is 2.22. The van der Waals surface area contributed by atoms with Crippen LogP contribution < -0.4 is 0 Å². The van der Waals surface area contributed by atoms with E-state index in [1.807, 2.05) is 6.92 Å². The Morgan fingerprint density at radius 2 is 2.29 bits per heavy atom. The Kier molecular flexibility index (Phi) is 5.12. The molecule has 0 spiro atoms. The van der Waals surface area contributed by atoms with Gasteiger partial charge in [0.15, 0.2) is 0 Å². The van der Waals surface area contributed by atoms with Gasteiger partial charge in [-0.3, -0.25) is 9.69 Å². The van der Waals surface area contributed by atoms with E-state index in [-0.39, 0.29) is 12.6 Å². The molecule has 1 fully saturated rings. The van der Waals surface area contributed by atoms with Crippen LogP contribution in [0.5, 0.6) is 0 Å². The van der Waals surface area contributed by atoms with Crippen molar-refractivity contribution in [3.63, 3.8) is 0 Å². The number of Topliss-reactive ketones (excluding diaryl/α,β-unsaturated/α-hetero) is 1. The van der Waals surface area contributed by atoms with Crippen molar-refractivity contribution in [3.05, 3.63) is 0 Å². The number of piperidine rings is 1. The Hall–Kier alpha value is -0.410. The van der Waals surface area contributed by atoms with Gasteiger partial charge < -0.3 is 5.11 Å². The fourth-order valence-electron chi connectivity index (χ4n) is 2.06. The first-order chi connectivity index (χ1) is 6.77. The van der Waals surface area contributed by atoms with Crippen LogP contribution in [0.1, 0.15) is 39.0 Å². The predicted molar refractivity (Wildman–Crippen MR) is 56.2 cm³/mol. The maximum Gasteiger partial charge on any atom is 0.146 e. The van der Waals surface area contributed by atoms with Crippen LogP contribution in [-0.4, -0.2) is 41.5 Å². The molecule has 1 heterocycles. The van der Waals surface area contributed by atoms with Crippen molar-refractivity contribution in [2.24, 2.45) is 0 Å². The molecule has 0 aliphatic carbocycles. The standard InChI is InChI=1S/C11H21NO2/c1-2-5-11(14)8-12-7-4-3-6-10(12)9-13/h10,13H,2-9H2,1H3. The lowest BCUT2D eigenvalue weighted by molar-refractivity contribution is -0.121. The number of aliphatic hydroxyl groups excluding tert-OH is 1. The summed E-state index contributed by atoms with van der Waals surface area (Å²) in [4.78, 5) is 13.6. The first kappa shape index (κ1) is 11.7. The van der Waals surface area contributed by atoms with Crippen molar-refractivity contribution in [1.82, 2.24) is 4.90 Å². The van der Waals surface area contributed by atoms with E-state index >= 15 is 0 Å². The van der Waals surface area contributed by atoms with E-state index in [0.29, 0.717) is 18.7 Å². The van der Waals surface area contributed by atoms with Gasteiger partial charge in [0.05, 0.1) is 13.2 Å². The average molecular weight is 199 g/mol. The van der Waals surface area contributed by atoms with E-state index in [4.69, 9.17) is 5.11 Å². The van der Waals surface area contributed by atoms with Crippen molar-refractivity contribution in [3.8, 4) is 0 Å². The zero-order valence-corrected chi connectivity index (χ0v) is 9.04. The number of carbonyl (C=O) groups excluding carboxylic acids is 1. The quantitative estimate of drug-likeness (QED) is 0.723. The molecule has 14 heavy (non-hydrogen) atoms. The van der Waals surface area contributed by atoms with Gasteiger partial charge in [-0.05, 0) is 25.8 Å². The van der Waals surface area contributed by atoms with Gasteiger partial charge in [-0.1, -0.05) is 13.3 Å². The summed E-state index contributed by atoms with van der Waals surface area (Å²) in [5.74, 6) is 0.313. The molecule has 1 aliphatic heterocycles. The highest BCUT2D eigenvalue weighted by atomic mass is 16.3. The molecule has 82 valence electrons. The maximum absolute atomic E-state index is 11.4. The van der Waals surface area contributed by atoms with Crippen LogP contribution in [0.25, 0.3) is 0 Å². The normalized spacial score (nSPS) is 23.7. The van der Waals surface area contributed by atoms with Crippen LogP contribution in [0.2, 0.25) is 0 Å². The van der Waals surface area contributed by atoms with Crippen molar-refractivity contribution in [1.29, 1.82) is 0 Å². The van der Waals surface area contributed by atoms with Crippen LogP contribution in [0.3, 0.4) is 0 Å². The van der Waals surface area contributed by atoms with Crippen molar-refractivity contribution in [2.75, 3.05) is 19.7 Å². The zero-order chi connectivity index (χ0) is 10.4. The second-order valence-corrected chi connectivity index (χ2v) is 4.09. The summed E-state index contributed by atoms with van der Waals surface area (Å²) < 4.78 is 0. The van der Waals surface area contributed by atoms with E-state index in [1.54, 1.807) is 0 Å². The topological polar surface area (TPSA) is 40.5 Å². The molecule has 0 aromatic heterocycles. The molecule has 1 rings (SSSR count). The minimum absolute atomic E-state index is 0.194. The van der Waals surface area contributed by atoms with E-state index in [9.17, 15) is 4.79 Å². The van der Waals surface area contributed by atoms with Crippen molar-refractivity contribution in [2.45, 2.75) is 45.1 Å². The van der Waals surface area contributed by atoms with Gasteiger partial charge in [0.25, 0.3) is 0 Å². The van der Waals surface area contributed by atoms with Crippen molar-refractivity contribution < 1.29 is 9.90 Å². The molecule has 1 atom stereocenters. The number of hydrogen-bond acceptors (Lipinski definition) is 3. The Labute approximate surface area is 86.1 Å². The molecule has 1 N–H and O–H groups in total. The second-order valence-electron chi connectivity index (χ2n) is 4.09. The molecular weight excluding hydrogens is 178 g/mol. The van der Waals surface area contributed by atoms with Crippen molar-refractivity contribution >= 4 is 5.78 Å². The Bertz CT molecular complexity index is 182. The largest absolute Gasteiger partial charge is 0.395 e. The number of carbonyl (C=O) groups is 1. The van der Waals surface area contributed by atoms with E-state index in [1.165, 1.54) is 6.42 Å². The number of rotatable bonds is 5. The SMILES string of the molecule is CCCC(=O)CN1CCCCC1CO. The summed E-state index contributed by atoms with van der Waals surface area (Å²) in [6, 6.07) is 0.226. The van der Waals surface area contributed by atoms with Gasteiger partial charge in [-0.25, -0.2) is 0 Å². The molecule has 0 radical (unpaired) electrons. The fraction of sp³-hybridized carbons (Fsp3) is 0.909. The third kappa shape index (κ3) is 3.39. The lowest BCUT2D eigenvalue weighted by Crippen LogP contribution is -2.44. The van der Waals surface area contributed by atoms with E-state index < -0.39 is 0 Å². The number of nitrogens with zero attached hydrogens (tertiary/aromatic N) is 1. The lowest BCUT2D eigenvalue weighted by atomic mass is 10.0. The Morgan fingerprint density at radius 3 is 2.93 bits per heavy atom. The number of hydrogen-bond donors (Lipinski definition) is 1. The molecule has 0 aromatic rings. The van der Waals surface area contributed by atoms with E-state index in [0.717, 1.165) is 25.8 Å². The smallest absolute Gasteiger partial charge is 0.146 e. The van der Waals surface area contributed by atoms with Crippen LogP contribution in [0, 0.1) is 0 Å². The minimum Gasteiger partial charge on any atom is -0.395 e. The van der Waals surface area contributed by atoms with Crippen LogP contribution in [0.4, 0.5) is 0 Å². The molecule has 1 aliphatic rings. The van der Waals surface area contributed by atoms with Crippen LogP contribution in [0.15, 0.2) is 0 Å². The average Bonchev–Trinajstić information content (AvgIpc) is 2.19. The monoisotopic (exact) mass is 199 g/mol. The Balaban J connectivity index is 2.36.